The average molecular weight is 243 g/mol. The number of hydrogen-bond acceptors (Lipinski definition) is 3. The van der Waals surface area contributed by atoms with Gasteiger partial charge in [-0.1, -0.05) is 6.92 Å². The highest BCUT2D eigenvalue weighted by Crippen LogP contribution is 2.25. The first-order chi connectivity index (χ1) is 7.91. The first-order valence-electron chi connectivity index (χ1n) is 6.93. The molecule has 0 saturated heterocycles. The van der Waals surface area contributed by atoms with Gasteiger partial charge in [0.05, 0.1) is 12.2 Å². The molecule has 0 aromatic heterocycles. The van der Waals surface area contributed by atoms with Crippen molar-refractivity contribution < 1.29 is 9.84 Å². The van der Waals surface area contributed by atoms with E-state index in [9.17, 15) is 5.11 Å². The van der Waals surface area contributed by atoms with Crippen LogP contribution in [0.4, 0.5) is 0 Å². The van der Waals surface area contributed by atoms with Crippen molar-refractivity contribution >= 4 is 0 Å². The minimum absolute atomic E-state index is 0.0143. The molecular weight excluding hydrogens is 214 g/mol. The van der Waals surface area contributed by atoms with E-state index in [0.717, 1.165) is 25.9 Å². The lowest BCUT2D eigenvalue weighted by atomic mass is 9.96. The van der Waals surface area contributed by atoms with E-state index in [1.54, 1.807) is 0 Å². The zero-order valence-corrected chi connectivity index (χ0v) is 11.9. The molecule has 0 spiro atoms. The first-order valence-corrected chi connectivity index (χ1v) is 6.93. The maximum absolute atomic E-state index is 9.46. The van der Waals surface area contributed by atoms with Crippen LogP contribution in [0.15, 0.2) is 0 Å². The molecule has 0 amide bonds. The fourth-order valence-electron chi connectivity index (χ4n) is 1.83. The molecule has 1 aliphatic carbocycles. The maximum atomic E-state index is 9.46. The number of rotatable bonds is 9. The lowest BCUT2D eigenvalue weighted by Gasteiger charge is -2.30. The summed E-state index contributed by atoms with van der Waals surface area (Å²) in [6, 6.07) is 0.639. The van der Waals surface area contributed by atoms with Crippen LogP contribution in [-0.4, -0.2) is 35.5 Å². The van der Waals surface area contributed by atoms with Gasteiger partial charge in [0, 0.05) is 18.2 Å². The summed E-state index contributed by atoms with van der Waals surface area (Å²) in [4.78, 5) is 0. The van der Waals surface area contributed by atoms with Gasteiger partial charge in [0.25, 0.3) is 0 Å². The van der Waals surface area contributed by atoms with Gasteiger partial charge in [0.2, 0.25) is 0 Å². The van der Waals surface area contributed by atoms with Crippen LogP contribution in [-0.2, 0) is 4.74 Å². The van der Waals surface area contributed by atoms with Crippen LogP contribution in [0.25, 0.3) is 0 Å². The van der Waals surface area contributed by atoms with Crippen molar-refractivity contribution in [2.75, 3.05) is 13.2 Å². The van der Waals surface area contributed by atoms with Gasteiger partial charge in [-0.2, -0.15) is 0 Å². The van der Waals surface area contributed by atoms with Crippen LogP contribution in [0, 0.1) is 0 Å². The summed E-state index contributed by atoms with van der Waals surface area (Å²) in [7, 11) is 0. The van der Waals surface area contributed by atoms with Gasteiger partial charge in [-0.25, -0.2) is 0 Å². The number of aliphatic hydroxyl groups excluding tert-OH is 1. The molecule has 1 rings (SSSR count). The molecule has 17 heavy (non-hydrogen) atoms. The molecule has 1 fully saturated rings. The Bertz CT molecular complexity index is 226. The van der Waals surface area contributed by atoms with Crippen molar-refractivity contribution in [3.05, 3.63) is 0 Å². The van der Waals surface area contributed by atoms with Gasteiger partial charge < -0.3 is 15.2 Å². The molecule has 3 heteroatoms. The van der Waals surface area contributed by atoms with Crippen LogP contribution in [0.5, 0.6) is 0 Å². The Morgan fingerprint density at radius 3 is 2.41 bits per heavy atom. The number of hydrogen-bond donors (Lipinski definition) is 2. The van der Waals surface area contributed by atoms with E-state index in [0.29, 0.717) is 6.04 Å². The molecule has 2 N–H and O–H groups in total. The van der Waals surface area contributed by atoms with Crippen LogP contribution in [0.2, 0.25) is 0 Å². The second-order valence-corrected chi connectivity index (χ2v) is 6.20. The summed E-state index contributed by atoms with van der Waals surface area (Å²) in [6.45, 7) is 9.49. The van der Waals surface area contributed by atoms with Crippen molar-refractivity contribution in [1.82, 2.24) is 5.32 Å². The Balaban J connectivity index is 2.18. The maximum Gasteiger partial charge on any atom is 0.0623 e. The minimum atomic E-state index is -0.124. The van der Waals surface area contributed by atoms with E-state index in [2.05, 4.69) is 33.0 Å². The van der Waals surface area contributed by atoms with Crippen molar-refractivity contribution in [2.45, 2.75) is 77.0 Å². The molecule has 0 aromatic rings. The zero-order valence-electron chi connectivity index (χ0n) is 11.9. The molecule has 0 aromatic carbocycles. The molecule has 1 saturated carbocycles. The molecule has 0 aliphatic heterocycles. The monoisotopic (exact) mass is 243 g/mol. The smallest absolute Gasteiger partial charge is 0.0623 e. The molecule has 3 nitrogen and oxygen atoms in total. The molecule has 102 valence electrons. The second-order valence-electron chi connectivity index (χ2n) is 6.20. The fourth-order valence-corrected chi connectivity index (χ4v) is 1.83. The summed E-state index contributed by atoms with van der Waals surface area (Å²) >= 11 is 0. The van der Waals surface area contributed by atoms with Gasteiger partial charge in [-0.05, 0) is 52.9 Å². The average Bonchev–Trinajstić information content (AvgIpc) is 3.08. The Labute approximate surface area is 106 Å². The molecule has 0 heterocycles. The predicted molar refractivity (Wildman–Crippen MR) is 71.2 cm³/mol. The summed E-state index contributed by atoms with van der Waals surface area (Å²) in [5, 5.41) is 13.0. The third-order valence-corrected chi connectivity index (χ3v) is 3.70. The molecule has 0 radical (unpaired) electrons. The van der Waals surface area contributed by atoms with Gasteiger partial charge in [-0.15, -0.1) is 0 Å². The van der Waals surface area contributed by atoms with Gasteiger partial charge in [0.15, 0.2) is 0 Å². The minimum Gasteiger partial charge on any atom is -0.394 e. The molecular formula is C14H29NO2. The highest BCUT2D eigenvalue weighted by molar-refractivity contribution is 4.92. The van der Waals surface area contributed by atoms with E-state index in [4.69, 9.17) is 4.74 Å². The topological polar surface area (TPSA) is 41.5 Å². The van der Waals surface area contributed by atoms with E-state index in [1.807, 2.05) is 0 Å². The first kappa shape index (κ1) is 14.9. The molecule has 1 atom stereocenters. The normalized spacial score (nSPS) is 20.3. The van der Waals surface area contributed by atoms with Crippen LogP contribution < -0.4 is 5.32 Å². The van der Waals surface area contributed by atoms with Crippen LogP contribution in [0.3, 0.4) is 0 Å². The zero-order chi connectivity index (χ0) is 12.9. The van der Waals surface area contributed by atoms with Crippen molar-refractivity contribution in [2.24, 2.45) is 0 Å². The van der Waals surface area contributed by atoms with Crippen molar-refractivity contribution in [1.29, 1.82) is 0 Å². The second kappa shape index (κ2) is 6.17. The summed E-state index contributed by atoms with van der Waals surface area (Å²) in [5.74, 6) is 0. The van der Waals surface area contributed by atoms with Crippen LogP contribution in [0.1, 0.15) is 59.8 Å². The Hall–Kier alpha value is -0.120. The number of ether oxygens (including phenoxy) is 1. The highest BCUT2D eigenvalue weighted by Gasteiger charge is 2.31. The molecule has 1 aliphatic rings. The fraction of sp³-hybridized carbons (Fsp3) is 1.00. The Kier molecular flexibility index (Phi) is 5.42. The third kappa shape index (κ3) is 5.84. The largest absolute Gasteiger partial charge is 0.394 e. The van der Waals surface area contributed by atoms with E-state index < -0.39 is 0 Å². The van der Waals surface area contributed by atoms with E-state index in [-0.39, 0.29) is 17.7 Å². The standard InChI is InChI=1S/C14H29NO2/c1-5-13(2,3)17-10-6-9-14(4,11-16)15-12-7-8-12/h12,15-16H,5-11H2,1-4H3. The lowest BCUT2D eigenvalue weighted by Crippen LogP contribution is -2.47. The van der Waals surface area contributed by atoms with Crippen molar-refractivity contribution in [3.8, 4) is 0 Å². The summed E-state index contributed by atoms with van der Waals surface area (Å²) in [5.41, 5.74) is -0.138. The SMILES string of the molecule is CCC(C)(C)OCCCC(C)(CO)NC1CC1. The van der Waals surface area contributed by atoms with E-state index >= 15 is 0 Å². The molecule has 0 bridgehead atoms. The van der Waals surface area contributed by atoms with Crippen LogP contribution >= 0.6 is 0 Å². The lowest BCUT2D eigenvalue weighted by molar-refractivity contribution is -0.0244. The Morgan fingerprint density at radius 2 is 1.94 bits per heavy atom. The van der Waals surface area contributed by atoms with Crippen molar-refractivity contribution in [3.63, 3.8) is 0 Å². The van der Waals surface area contributed by atoms with Gasteiger partial charge in [0.1, 0.15) is 0 Å². The third-order valence-electron chi connectivity index (χ3n) is 3.70. The molecule has 1 unspecified atom stereocenters. The summed E-state index contributed by atoms with van der Waals surface area (Å²) in [6.07, 6.45) is 5.52. The predicted octanol–water partition coefficient (Wildman–Crippen LogP) is 2.47. The van der Waals surface area contributed by atoms with E-state index in [1.165, 1.54) is 12.8 Å². The summed E-state index contributed by atoms with van der Waals surface area (Å²) < 4.78 is 5.83. The number of nitrogens with one attached hydrogen (secondary N) is 1. The quantitative estimate of drug-likeness (QED) is 0.611. The number of aliphatic hydroxyl groups is 1. The highest BCUT2D eigenvalue weighted by atomic mass is 16.5. The van der Waals surface area contributed by atoms with Gasteiger partial charge >= 0.3 is 0 Å². The van der Waals surface area contributed by atoms with Gasteiger partial charge in [-0.3, -0.25) is 0 Å². The Morgan fingerprint density at radius 1 is 1.29 bits per heavy atom.